The lowest BCUT2D eigenvalue weighted by molar-refractivity contribution is -0.123. The third-order valence-electron chi connectivity index (χ3n) is 6.94. The van der Waals surface area contributed by atoms with Crippen molar-refractivity contribution in [2.45, 2.75) is 39.2 Å². The zero-order valence-electron chi connectivity index (χ0n) is 20.7. The van der Waals surface area contributed by atoms with Crippen LogP contribution in [0.3, 0.4) is 0 Å². The first-order chi connectivity index (χ1) is 16.7. The zero-order valence-corrected chi connectivity index (χ0v) is 20.7. The molecule has 4 rings (SSSR count). The van der Waals surface area contributed by atoms with Crippen LogP contribution in [0.1, 0.15) is 33.1 Å². The van der Waals surface area contributed by atoms with Crippen molar-refractivity contribution in [2.24, 2.45) is 10.4 Å². The quantitative estimate of drug-likeness (QED) is 0.470. The highest BCUT2D eigenvalue weighted by Gasteiger charge is 2.43. The number of hydrogen-bond acceptors (Lipinski definition) is 8. The minimum absolute atomic E-state index is 0.0603. The number of Topliss-reactive ketones (excluding diaryl/α,β-unsaturated/α-hetero) is 1. The van der Waals surface area contributed by atoms with E-state index in [0.717, 1.165) is 19.6 Å². The molecule has 9 heteroatoms. The Balaban J connectivity index is 1.27. The largest absolute Gasteiger partial charge is 0.511 e. The van der Waals surface area contributed by atoms with Gasteiger partial charge in [-0.25, -0.2) is 4.90 Å². The van der Waals surface area contributed by atoms with Gasteiger partial charge in [-0.2, -0.15) is 0 Å². The van der Waals surface area contributed by atoms with Gasteiger partial charge < -0.3 is 9.84 Å². The fourth-order valence-electron chi connectivity index (χ4n) is 5.02. The molecule has 2 amide bonds. The van der Waals surface area contributed by atoms with E-state index >= 15 is 0 Å². The Morgan fingerprint density at radius 3 is 2.57 bits per heavy atom. The van der Waals surface area contributed by atoms with Crippen LogP contribution in [-0.4, -0.2) is 91.1 Å². The number of piperazine rings is 1. The topological polar surface area (TPSA) is 103 Å². The van der Waals surface area contributed by atoms with E-state index in [1.165, 1.54) is 11.1 Å². The first-order valence-electron chi connectivity index (χ1n) is 12.1. The van der Waals surface area contributed by atoms with Crippen LogP contribution in [0, 0.1) is 5.41 Å². The molecule has 2 fully saturated rings. The first-order valence-corrected chi connectivity index (χ1v) is 12.1. The Morgan fingerprint density at radius 1 is 1.14 bits per heavy atom. The number of rotatable bonds is 7. The maximum atomic E-state index is 13.1. The molecule has 0 saturated carbocycles. The number of aliphatic imine (C=N–C) groups is 1. The summed E-state index contributed by atoms with van der Waals surface area (Å²) in [6, 6.07) is 6.56. The van der Waals surface area contributed by atoms with E-state index in [9.17, 15) is 19.5 Å². The number of carbonyl (C=O) groups is 3. The molecular weight excluding hydrogens is 448 g/mol. The van der Waals surface area contributed by atoms with Crippen molar-refractivity contribution in [2.75, 3.05) is 51.3 Å². The third-order valence-corrected chi connectivity index (χ3v) is 6.94. The second kappa shape index (κ2) is 10.3. The van der Waals surface area contributed by atoms with E-state index in [1.54, 1.807) is 31.4 Å². The molecule has 1 aromatic rings. The van der Waals surface area contributed by atoms with Crippen molar-refractivity contribution < 1.29 is 24.2 Å². The lowest BCUT2D eigenvalue weighted by atomic mass is 9.77. The van der Waals surface area contributed by atoms with E-state index in [-0.39, 0.29) is 35.2 Å². The third kappa shape index (κ3) is 5.62. The number of ketones is 1. The summed E-state index contributed by atoms with van der Waals surface area (Å²) in [5.41, 5.74) is 0.660. The number of methoxy groups -OCH3 is 1. The van der Waals surface area contributed by atoms with Crippen molar-refractivity contribution in [3.05, 3.63) is 35.6 Å². The van der Waals surface area contributed by atoms with Crippen molar-refractivity contribution in [3.63, 3.8) is 0 Å². The Bertz CT molecular complexity index is 1060. The number of benzene rings is 1. The van der Waals surface area contributed by atoms with Crippen LogP contribution in [0.15, 0.2) is 40.6 Å². The van der Waals surface area contributed by atoms with E-state index in [4.69, 9.17) is 4.74 Å². The molecule has 3 aliphatic rings. The van der Waals surface area contributed by atoms with Crippen LogP contribution in [0.2, 0.25) is 0 Å². The molecule has 0 aromatic heterocycles. The molecule has 1 atom stereocenters. The second-order valence-corrected chi connectivity index (χ2v) is 10.2. The van der Waals surface area contributed by atoms with Crippen molar-refractivity contribution in [1.29, 1.82) is 0 Å². The van der Waals surface area contributed by atoms with Gasteiger partial charge in [0.15, 0.2) is 5.78 Å². The predicted octanol–water partition coefficient (Wildman–Crippen LogP) is 2.22. The van der Waals surface area contributed by atoms with E-state index in [1.807, 2.05) is 13.8 Å². The number of carbonyl (C=O) groups excluding carboxylic acids is 3. The molecule has 1 N–H and O–H groups in total. The molecule has 0 unspecified atom stereocenters. The van der Waals surface area contributed by atoms with Gasteiger partial charge in [-0.15, -0.1) is 0 Å². The summed E-state index contributed by atoms with van der Waals surface area (Å²) in [6.45, 7) is 8.13. The molecule has 188 valence electrons. The molecule has 0 radical (unpaired) electrons. The SMILES string of the molecule is COc1cccc(N2C(=O)C[C@@H](N3CCN(CCN=CC4=C(O)CC(C)(C)CC4=O)CC3)C2=O)c1. The highest BCUT2D eigenvalue weighted by atomic mass is 16.5. The number of amides is 2. The fourth-order valence-corrected chi connectivity index (χ4v) is 5.02. The number of aliphatic hydroxyl groups is 1. The van der Waals surface area contributed by atoms with Gasteiger partial charge in [0, 0.05) is 57.8 Å². The number of nitrogens with zero attached hydrogens (tertiary/aromatic N) is 4. The number of allylic oxidation sites excluding steroid dienone is 2. The van der Waals surface area contributed by atoms with Crippen molar-refractivity contribution >= 4 is 29.5 Å². The molecular formula is C26H34N4O5. The molecule has 35 heavy (non-hydrogen) atoms. The van der Waals surface area contributed by atoms with Gasteiger partial charge in [0.1, 0.15) is 11.5 Å². The Kier molecular flexibility index (Phi) is 7.37. The van der Waals surface area contributed by atoms with Crippen LogP contribution in [0.25, 0.3) is 0 Å². The summed E-state index contributed by atoms with van der Waals surface area (Å²) in [7, 11) is 1.55. The van der Waals surface area contributed by atoms with Gasteiger partial charge in [0.25, 0.3) is 5.91 Å². The number of anilines is 1. The van der Waals surface area contributed by atoms with Gasteiger partial charge in [0.2, 0.25) is 5.91 Å². The molecule has 0 spiro atoms. The van der Waals surface area contributed by atoms with Crippen LogP contribution < -0.4 is 9.64 Å². The second-order valence-electron chi connectivity index (χ2n) is 10.2. The summed E-state index contributed by atoms with van der Waals surface area (Å²) >= 11 is 0. The van der Waals surface area contributed by atoms with Crippen molar-refractivity contribution in [1.82, 2.24) is 9.80 Å². The summed E-state index contributed by atoms with van der Waals surface area (Å²) in [4.78, 5) is 48.0. The highest BCUT2D eigenvalue weighted by molar-refractivity contribution is 6.22. The smallest absolute Gasteiger partial charge is 0.251 e. The van der Waals surface area contributed by atoms with Gasteiger partial charge in [0.05, 0.1) is 37.4 Å². The van der Waals surface area contributed by atoms with E-state index in [2.05, 4.69) is 14.8 Å². The summed E-state index contributed by atoms with van der Waals surface area (Å²) in [5.74, 6) is 0.293. The average molecular weight is 483 g/mol. The molecule has 2 aliphatic heterocycles. The average Bonchev–Trinajstić information content (AvgIpc) is 3.11. The first kappa shape index (κ1) is 25.1. The lowest BCUT2D eigenvalue weighted by Gasteiger charge is -2.36. The van der Waals surface area contributed by atoms with E-state index in [0.29, 0.717) is 49.5 Å². The zero-order chi connectivity index (χ0) is 25.2. The normalized spacial score (nSPS) is 24.1. The molecule has 2 saturated heterocycles. The minimum atomic E-state index is -0.439. The summed E-state index contributed by atoms with van der Waals surface area (Å²) < 4.78 is 5.23. The molecule has 0 bridgehead atoms. The lowest BCUT2D eigenvalue weighted by Crippen LogP contribution is -2.52. The number of hydrogen-bond donors (Lipinski definition) is 1. The Morgan fingerprint density at radius 2 is 1.89 bits per heavy atom. The minimum Gasteiger partial charge on any atom is -0.511 e. The molecule has 9 nitrogen and oxygen atoms in total. The van der Waals surface area contributed by atoms with Gasteiger partial charge >= 0.3 is 0 Å². The monoisotopic (exact) mass is 482 g/mol. The summed E-state index contributed by atoms with van der Waals surface area (Å²) in [6.07, 6.45) is 2.60. The van der Waals surface area contributed by atoms with Crippen molar-refractivity contribution in [3.8, 4) is 5.75 Å². The van der Waals surface area contributed by atoms with Gasteiger partial charge in [-0.1, -0.05) is 19.9 Å². The molecule has 1 aliphatic carbocycles. The Hall–Kier alpha value is -3.04. The number of imide groups is 1. The molecule has 2 heterocycles. The Labute approximate surface area is 206 Å². The predicted molar refractivity (Wildman–Crippen MR) is 133 cm³/mol. The van der Waals surface area contributed by atoms with Crippen LogP contribution in [-0.2, 0) is 14.4 Å². The van der Waals surface area contributed by atoms with Crippen LogP contribution in [0.4, 0.5) is 5.69 Å². The van der Waals surface area contributed by atoms with Crippen LogP contribution >= 0.6 is 0 Å². The fraction of sp³-hybridized carbons (Fsp3) is 0.538. The van der Waals surface area contributed by atoms with Gasteiger partial charge in [-0.05, 0) is 17.5 Å². The van der Waals surface area contributed by atoms with Gasteiger partial charge in [-0.3, -0.25) is 29.2 Å². The maximum absolute atomic E-state index is 13.1. The van der Waals surface area contributed by atoms with Crippen LogP contribution in [0.5, 0.6) is 5.75 Å². The highest BCUT2D eigenvalue weighted by Crippen LogP contribution is 2.35. The standard InChI is InChI=1S/C26H34N4O5/c1-26(2)15-22(31)20(23(32)16-26)17-27-7-8-28-9-11-29(12-10-28)21-14-24(33)30(25(21)34)18-5-4-6-19(13-18)35-3/h4-6,13,17,21,31H,7-12,14-16H2,1-3H3/t21-/m1/s1. The summed E-state index contributed by atoms with van der Waals surface area (Å²) in [5, 5.41) is 10.2. The number of aliphatic hydroxyl groups excluding tert-OH is 1. The van der Waals surface area contributed by atoms with E-state index < -0.39 is 6.04 Å². The number of ether oxygens (including phenoxy) is 1. The maximum Gasteiger partial charge on any atom is 0.251 e. The molecule has 1 aromatic carbocycles.